The zero-order chi connectivity index (χ0) is 14.5. The first-order valence-electron chi connectivity index (χ1n) is 6.17. The molecule has 0 bridgehead atoms. The van der Waals surface area contributed by atoms with Gasteiger partial charge in [-0.15, -0.1) is 11.6 Å². The average Bonchev–Trinajstić information content (AvgIpc) is 2.92. The molecule has 3 rings (SSSR count). The van der Waals surface area contributed by atoms with Crippen LogP contribution in [0.25, 0.3) is 11.0 Å². The molecule has 0 saturated carbocycles. The number of hydrogen-bond acceptors (Lipinski definition) is 6. The zero-order valence-corrected chi connectivity index (χ0v) is 11.5. The number of aliphatic hydroxyl groups is 2. The van der Waals surface area contributed by atoms with Crippen molar-refractivity contribution in [3.63, 3.8) is 0 Å². The lowest BCUT2D eigenvalue weighted by Gasteiger charge is -2.26. The Morgan fingerprint density at radius 2 is 2.30 bits per heavy atom. The molecule has 0 aliphatic carbocycles. The highest BCUT2D eigenvalue weighted by Crippen LogP contribution is 2.44. The van der Waals surface area contributed by atoms with Crippen molar-refractivity contribution in [1.82, 2.24) is 14.5 Å². The number of ether oxygens (including phenoxy) is 1. The monoisotopic (exact) mass is 298 g/mol. The predicted molar refractivity (Wildman–Crippen MR) is 73.2 cm³/mol. The summed E-state index contributed by atoms with van der Waals surface area (Å²) in [7, 11) is 0. The molecule has 2 aromatic rings. The summed E-state index contributed by atoms with van der Waals surface area (Å²) in [5.74, 6) is 0.363. The maximum atomic E-state index is 10.1. The second kappa shape index (κ2) is 4.56. The summed E-state index contributed by atoms with van der Waals surface area (Å²) in [6.07, 6.45) is 0.695. The number of anilines is 1. The van der Waals surface area contributed by atoms with Crippen LogP contribution in [0.3, 0.4) is 0 Å². The molecule has 20 heavy (non-hydrogen) atoms. The molecule has 4 atom stereocenters. The minimum atomic E-state index is -1.08. The molecular weight excluding hydrogens is 284 g/mol. The van der Waals surface area contributed by atoms with Gasteiger partial charge in [0, 0.05) is 6.20 Å². The van der Waals surface area contributed by atoms with E-state index in [4.69, 9.17) is 22.1 Å². The van der Waals surface area contributed by atoms with Crippen LogP contribution in [-0.2, 0) is 4.74 Å². The Balaban J connectivity index is 2.10. The summed E-state index contributed by atoms with van der Waals surface area (Å²) in [4.78, 5) is 7.01. The number of nitrogen functional groups attached to an aromatic ring is 1. The van der Waals surface area contributed by atoms with E-state index in [1.165, 1.54) is 6.33 Å². The molecule has 1 saturated heterocycles. The Morgan fingerprint density at radius 1 is 1.55 bits per heavy atom. The van der Waals surface area contributed by atoms with Crippen molar-refractivity contribution in [1.29, 1.82) is 0 Å². The molecule has 3 heterocycles. The summed E-state index contributed by atoms with van der Waals surface area (Å²) in [5.41, 5.74) is 6.36. The molecule has 0 unspecified atom stereocenters. The number of aromatic nitrogens is 3. The van der Waals surface area contributed by atoms with Gasteiger partial charge in [0.1, 0.15) is 34.9 Å². The molecule has 0 amide bonds. The average molecular weight is 299 g/mol. The van der Waals surface area contributed by atoms with E-state index in [2.05, 4.69) is 9.97 Å². The molecule has 4 N–H and O–H groups in total. The summed E-state index contributed by atoms with van der Waals surface area (Å²) in [6, 6.07) is 1.76. The quantitative estimate of drug-likeness (QED) is 0.687. The molecular formula is C12H15ClN4O3. The fourth-order valence-corrected chi connectivity index (χ4v) is 2.84. The van der Waals surface area contributed by atoms with Crippen LogP contribution in [0.4, 0.5) is 5.82 Å². The van der Waals surface area contributed by atoms with Gasteiger partial charge in [-0.2, -0.15) is 0 Å². The Kier molecular flexibility index (Phi) is 3.09. The topological polar surface area (TPSA) is 106 Å². The largest absolute Gasteiger partial charge is 0.394 e. The van der Waals surface area contributed by atoms with Crippen LogP contribution in [0.1, 0.15) is 13.2 Å². The van der Waals surface area contributed by atoms with Crippen LogP contribution >= 0.6 is 11.6 Å². The molecule has 0 aromatic carbocycles. The van der Waals surface area contributed by atoms with E-state index in [0.717, 1.165) is 0 Å². The first-order valence-corrected chi connectivity index (χ1v) is 6.55. The summed E-state index contributed by atoms with van der Waals surface area (Å²) in [5, 5.41) is 20.1. The summed E-state index contributed by atoms with van der Waals surface area (Å²) < 4.78 is 7.35. The van der Waals surface area contributed by atoms with Crippen LogP contribution in [0.15, 0.2) is 18.6 Å². The second-order valence-electron chi connectivity index (χ2n) is 5.02. The number of fused-ring (bicyclic) bond motifs is 1. The van der Waals surface area contributed by atoms with Crippen LogP contribution in [-0.4, -0.2) is 48.4 Å². The first-order chi connectivity index (χ1) is 9.46. The van der Waals surface area contributed by atoms with E-state index >= 15 is 0 Å². The first kappa shape index (κ1) is 13.6. The molecule has 7 nitrogen and oxygen atoms in total. The number of nitrogens with zero attached hydrogens (tertiary/aromatic N) is 3. The lowest BCUT2D eigenvalue weighted by molar-refractivity contribution is -0.0439. The minimum Gasteiger partial charge on any atom is -0.394 e. The maximum absolute atomic E-state index is 10.1. The second-order valence-corrected chi connectivity index (χ2v) is 5.84. The highest BCUT2D eigenvalue weighted by Gasteiger charge is 2.53. The number of nitrogens with two attached hydrogens (primary N) is 1. The van der Waals surface area contributed by atoms with Crippen LogP contribution in [0.5, 0.6) is 0 Å². The summed E-state index contributed by atoms with van der Waals surface area (Å²) in [6.45, 7) is 1.35. The van der Waals surface area contributed by atoms with Crippen molar-refractivity contribution in [3.8, 4) is 0 Å². The van der Waals surface area contributed by atoms with Gasteiger partial charge in [0.05, 0.1) is 12.0 Å². The normalized spacial score (nSPS) is 33.9. The minimum absolute atomic E-state index is 0.309. The lowest BCUT2D eigenvalue weighted by Crippen LogP contribution is -2.39. The number of hydrogen-bond donors (Lipinski definition) is 3. The molecule has 1 aliphatic heterocycles. The van der Waals surface area contributed by atoms with E-state index < -0.39 is 23.3 Å². The van der Waals surface area contributed by atoms with E-state index in [1.807, 2.05) is 0 Å². The van der Waals surface area contributed by atoms with Crippen molar-refractivity contribution in [2.24, 2.45) is 0 Å². The van der Waals surface area contributed by atoms with Crippen LogP contribution in [0, 0.1) is 0 Å². The maximum Gasteiger partial charge on any atom is 0.157 e. The third-order valence-corrected chi connectivity index (χ3v) is 4.10. The smallest absolute Gasteiger partial charge is 0.157 e. The van der Waals surface area contributed by atoms with Gasteiger partial charge in [-0.25, -0.2) is 9.97 Å². The molecule has 8 heteroatoms. The third kappa shape index (κ3) is 1.78. The Hall–Kier alpha value is -1.41. The van der Waals surface area contributed by atoms with Gasteiger partial charge >= 0.3 is 0 Å². The zero-order valence-electron chi connectivity index (χ0n) is 10.8. The van der Waals surface area contributed by atoms with E-state index in [9.17, 15) is 10.2 Å². The van der Waals surface area contributed by atoms with Gasteiger partial charge in [-0.1, -0.05) is 0 Å². The Morgan fingerprint density at radius 3 is 2.95 bits per heavy atom. The van der Waals surface area contributed by atoms with Gasteiger partial charge in [-0.05, 0) is 13.0 Å². The van der Waals surface area contributed by atoms with E-state index in [-0.39, 0.29) is 6.61 Å². The van der Waals surface area contributed by atoms with Crippen LogP contribution < -0.4 is 5.73 Å². The number of aliphatic hydroxyl groups excluding tert-OH is 2. The number of alkyl halides is 1. The molecule has 1 aliphatic rings. The third-order valence-electron chi connectivity index (χ3n) is 3.69. The predicted octanol–water partition coefficient (Wildman–Crippen LogP) is 0.262. The highest BCUT2D eigenvalue weighted by molar-refractivity contribution is 6.24. The van der Waals surface area contributed by atoms with Gasteiger partial charge in [0.25, 0.3) is 0 Å². The SMILES string of the molecule is C[C@@]1(Cl)[C@H](O)[C@@H](CO)O[C@H]1n1ccc2c(N)ncnc21. The van der Waals surface area contributed by atoms with Gasteiger partial charge in [0.2, 0.25) is 0 Å². The van der Waals surface area contributed by atoms with Gasteiger partial charge in [0.15, 0.2) is 6.23 Å². The molecule has 0 radical (unpaired) electrons. The van der Waals surface area contributed by atoms with Crippen molar-refractivity contribution in [2.75, 3.05) is 12.3 Å². The molecule has 2 aromatic heterocycles. The molecule has 108 valence electrons. The van der Waals surface area contributed by atoms with E-state index in [1.54, 1.807) is 23.8 Å². The van der Waals surface area contributed by atoms with Gasteiger partial charge < -0.3 is 25.3 Å². The lowest BCUT2D eigenvalue weighted by atomic mass is 10.0. The highest BCUT2D eigenvalue weighted by atomic mass is 35.5. The van der Waals surface area contributed by atoms with Crippen LogP contribution in [0.2, 0.25) is 0 Å². The van der Waals surface area contributed by atoms with Crippen molar-refractivity contribution in [2.45, 2.75) is 30.2 Å². The summed E-state index contributed by atoms with van der Waals surface area (Å²) >= 11 is 6.41. The Labute approximate surface area is 120 Å². The van der Waals surface area contributed by atoms with Crippen molar-refractivity contribution < 1.29 is 14.9 Å². The fourth-order valence-electron chi connectivity index (χ4n) is 2.54. The van der Waals surface area contributed by atoms with Gasteiger partial charge in [-0.3, -0.25) is 0 Å². The fraction of sp³-hybridized carbons (Fsp3) is 0.500. The molecule has 1 fully saturated rings. The number of rotatable bonds is 2. The standard InChI is InChI=1S/C12H15ClN4O3/c1-12(13)8(19)7(4-18)20-11(12)17-3-2-6-9(14)15-5-16-10(6)17/h2-3,5,7-8,11,18-19H,4H2,1H3,(H2,14,15,16)/t7-,8-,11-,12-/m1/s1. The van der Waals surface area contributed by atoms with E-state index in [0.29, 0.717) is 16.9 Å². The molecule has 0 spiro atoms. The van der Waals surface area contributed by atoms with Crippen molar-refractivity contribution in [3.05, 3.63) is 18.6 Å². The van der Waals surface area contributed by atoms with Crippen molar-refractivity contribution >= 4 is 28.5 Å². The number of halogens is 1. The Bertz CT molecular complexity index is 645.